The first kappa shape index (κ1) is 15.5. The Morgan fingerprint density at radius 1 is 1.06 bits per heavy atom. The van der Waals surface area contributed by atoms with Crippen molar-refractivity contribution in [3.8, 4) is 0 Å². The second-order valence-corrected chi connectivity index (χ2v) is 5.57. The smallest absolute Gasteiger partial charge is 0.0351 e. The van der Waals surface area contributed by atoms with Gasteiger partial charge in [0.2, 0.25) is 0 Å². The molecule has 0 bridgehead atoms. The van der Waals surface area contributed by atoms with Crippen molar-refractivity contribution in [2.75, 3.05) is 19.0 Å². The molecule has 0 aliphatic rings. The predicted molar refractivity (Wildman–Crippen MR) is 81.6 cm³/mol. The molecule has 102 valence electrons. The van der Waals surface area contributed by atoms with Crippen molar-refractivity contribution >= 4 is 11.6 Å². The molecule has 0 amide bonds. The molecule has 0 aliphatic carbocycles. The minimum absolute atomic E-state index is 0.716. The van der Waals surface area contributed by atoms with E-state index in [1.165, 1.54) is 35.1 Å². The van der Waals surface area contributed by atoms with Crippen molar-refractivity contribution < 1.29 is 0 Å². The van der Waals surface area contributed by atoms with Crippen molar-refractivity contribution in [2.24, 2.45) is 0 Å². The first-order chi connectivity index (χ1) is 8.58. The molecule has 0 N–H and O–H groups in total. The highest BCUT2D eigenvalue weighted by molar-refractivity contribution is 6.18. The SMILES string of the molecule is CCCCN(CCCl)Cc1c(C)cc(C)cc1C. The maximum absolute atomic E-state index is 5.90. The number of rotatable bonds is 7. The lowest BCUT2D eigenvalue weighted by Gasteiger charge is -2.23. The van der Waals surface area contributed by atoms with Gasteiger partial charge in [-0.15, -0.1) is 11.6 Å². The van der Waals surface area contributed by atoms with E-state index in [-0.39, 0.29) is 0 Å². The van der Waals surface area contributed by atoms with Gasteiger partial charge >= 0.3 is 0 Å². The van der Waals surface area contributed by atoms with Gasteiger partial charge in [0.15, 0.2) is 0 Å². The van der Waals surface area contributed by atoms with Crippen LogP contribution in [0.3, 0.4) is 0 Å². The zero-order chi connectivity index (χ0) is 13.5. The molecule has 0 radical (unpaired) electrons. The third kappa shape index (κ3) is 4.62. The highest BCUT2D eigenvalue weighted by Gasteiger charge is 2.09. The van der Waals surface area contributed by atoms with Gasteiger partial charge < -0.3 is 0 Å². The van der Waals surface area contributed by atoms with Crippen LogP contribution in [0.2, 0.25) is 0 Å². The van der Waals surface area contributed by atoms with Crippen LogP contribution in [0.1, 0.15) is 42.0 Å². The molecule has 0 saturated carbocycles. The highest BCUT2D eigenvalue weighted by Crippen LogP contribution is 2.18. The average Bonchev–Trinajstić information content (AvgIpc) is 2.30. The largest absolute Gasteiger partial charge is 0.298 e. The molecular formula is C16H26ClN. The summed E-state index contributed by atoms with van der Waals surface area (Å²) in [6.07, 6.45) is 2.49. The molecule has 1 aromatic carbocycles. The van der Waals surface area contributed by atoms with E-state index in [1.807, 2.05) is 0 Å². The predicted octanol–water partition coefficient (Wildman–Crippen LogP) is 4.45. The molecule has 18 heavy (non-hydrogen) atoms. The molecule has 1 nitrogen and oxygen atoms in total. The summed E-state index contributed by atoms with van der Waals surface area (Å²) >= 11 is 5.90. The number of aryl methyl sites for hydroxylation is 3. The number of nitrogens with zero attached hydrogens (tertiary/aromatic N) is 1. The standard InChI is InChI=1S/C16H26ClN/c1-5-6-8-18(9-7-17)12-16-14(3)10-13(2)11-15(16)4/h10-11H,5-9,12H2,1-4H3. The van der Waals surface area contributed by atoms with Crippen molar-refractivity contribution in [2.45, 2.75) is 47.1 Å². The van der Waals surface area contributed by atoms with Crippen LogP contribution in [0, 0.1) is 20.8 Å². The van der Waals surface area contributed by atoms with E-state index in [0.29, 0.717) is 5.88 Å². The van der Waals surface area contributed by atoms with Crippen molar-refractivity contribution in [1.29, 1.82) is 0 Å². The summed E-state index contributed by atoms with van der Waals surface area (Å²) in [5.41, 5.74) is 5.64. The summed E-state index contributed by atoms with van der Waals surface area (Å²) in [6, 6.07) is 4.56. The molecule has 0 fully saturated rings. The number of alkyl halides is 1. The lowest BCUT2D eigenvalue weighted by Crippen LogP contribution is -2.27. The number of halogens is 1. The third-order valence-corrected chi connectivity index (χ3v) is 3.62. The minimum Gasteiger partial charge on any atom is -0.298 e. The summed E-state index contributed by atoms with van der Waals surface area (Å²) in [4.78, 5) is 2.47. The van der Waals surface area contributed by atoms with E-state index >= 15 is 0 Å². The maximum Gasteiger partial charge on any atom is 0.0351 e. The van der Waals surface area contributed by atoms with Crippen LogP contribution in [0.5, 0.6) is 0 Å². The van der Waals surface area contributed by atoms with Crippen LogP contribution in [0.15, 0.2) is 12.1 Å². The molecular weight excluding hydrogens is 242 g/mol. The normalized spacial score (nSPS) is 11.2. The summed E-state index contributed by atoms with van der Waals surface area (Å²) in [5.74, 6) is 0.716. The van der Waals surface area contributed by atoms with Crippen LogP contribution in [-0.2, 0) is 6.54 Å². The molecule has 0 unspecified atom stereocenters. The van der Waals surface area contributed by atoms with Crippen LogP contribution >= 0.6 is 11.6 Å². The van der Waals surface area contributed by atoms with Gasteiger partial charge in [-0.1, -0.05) is 31.0 Å². The molecule has 0 spiro atoms. The zero-order valence-corrected chi connectivity index (χ0v) is 13.0. The number of unbranched alkanes of at least 4 members (excludes halogenated alkanes) is 1. The summed E-state index contributed by atoms with van der Waals surface area (Å²) in [7, 11) is 0. The Kier molecular flexibility index (Phi) is 6.73. The first-order valence-corrected chi connectivity index (χ1v) is 7.47. The topological polar surface area (TPSA) is 3.24 Å². The summed E-state index contributed by atoms with van der Waals surface area (Å²) < 4.78 is 0. The summed E-state index contributed by atoms with van der Waals surface area (Å²) in [5, 5.41) is 0. The molecule has 1 aromatic rings. The molecule has 0 aromatic heterocycles. The molecule has 0 atom stereocenters. The Balaban J connectivity index is 2.79. The van der Waals surface area contributed by atoms with Gasteiger partial charge in [0.25, 0.3) is 0 Å². The fraction of sp³-hybridized carbons (Fsp3) is 0.625. The monoisotopic (exact) mass is 267 g/mol. The van der Waals surface area contributed by atoms with E-state index in [9.17, 15) is 0 Å². The number of benzene rings is 1. The van der Waals surface area contributed by atoms with Crippen LogP contribution in [0.25, 0.3) is 0 Å². The molecule has 2 heteroatoms. The van der Waals surface area contributed by atoms with E-state index < -0.39 is 0 Å². The van der Waals surface area contributed by atoms with Gasteiger partial charge in [-0.05, 0) is 50.4 Å². The second kappa shape index (κ2) is 7.81. The number of hydrogen-bond acceptors (Lipinski definition) is 1. The summed E-state index contributed by atoms with van der Waals surface area (Å²) in [6.45, 7) is 12.0. The van der Waals surface area contributed by atoms with Gasteiger partial charge in [0.1, 0.15) is 0 Å². The average molecular weight is 268 g/mol. The molecule has 0 heterocycles. The molecule has 1 rings (SSSR count). The lowest BCUT2D eigenvalue weighted by molar-refractivity contribution is 0.276. The van der Waals surface area contributed by atoms with Crippen LogP contribution in [0.4, 0.5) is 0 Å². The fourth-order valence-electron chi connectivity index (χ4n) is 2.45. The quantitative estimate of drug-likeness (QED) is 0.660. The minimum atomic E-state index is 0.716. The molecule has 0 aliphatic heterocycles. The van der Waals surface area contributed by atoms with Gasteiger partial charge in [0.05, 0.1) is 0 Å². The lowest BCUT2D eigenvalue weighted by atomic mass is 9.99. The number of hydrogen-bond donors (Lipinski definition) is 0. The van der Waals surface area contributed by atoms with Crippen molar-refractivity contribution in [3.63, 3.8) is 0 Å². The van der Waals surface area contributed by atoms with Crippen LogP contribution < -0.4 is 0 Å². The van der Waals surface area contributed by atoms with Gasteiger partial charge in [-0.3, -0.25) is 4.90 Å². The Labute approximate surface area is 117 Å². The molecule has 0 saturated heterocycles. The van der Waals surface area contributed by atoms with Crippen LogP contribution in [-0.4, -0.2) is 23.9 Å². The van der Waals surface area contributed by atoms with Gasteiger partial charge in [-0.2, -0.15) is 0 Å². The third-order valence-electron chi connectivity index (χ3n) is 3.45. The first-order valence-electron chi connectivity index (χ1n) is 6.93. The highest BCUT2D eigenvalue weighted by atomic mass is 35.5. The Bertz CT molecular complexity index is 350. The Hall–Kier alpha value is -0.530. The van der Waals surface area contributed by atoms with E-state index in [2.05, 4.69) is 44.7 Å². The Morgan fingerprint density at radius 2 is 1.67 bits per heavy atom. The van der Waals surface area contributed by atoms with Crippen molar-refractivity contribution in [1.82, 2.24) is 4.90 Å². The van der Waals surface area contributed by atoms with Gasteiger partial charge in [0, 0.05) is 19.0 Å². The van der Waals surface area contributed by atoms with E-state index in [0.717, 1.165) is 19.6 Å². The van der Waals surface area contributed by atoms with E-state index in [4.69, 9.17) is 11.6 Å². The van der Waals surface area contributed by atoms with E-state index in [1.54, 1.807) is 0 Å². The second-order valence-electron chi connectivity index (χ2n) is 5.20. The fourth-order valence-corrected chi connectivity index (χ4v) is 2.69. The zero-order valence-electron chi connectivity index (χ0n) is 12.2. The van der Waals surface area contributed by atoms with Crippen molar-refractivity contribution in [3.05, 3.63) is 34.4 Å². The Morgan fingerprint density at radius 3 is 2.17 bits per heavy atom. The van der Waals surface area contributed by atoms with Gasteiger partial charge in [-0.25, -0.2) is 0 Å². The maximum atomic E-state index is 5.90.